The van der Waals surface area contributed by atoms with Crippen LogP contribution >= 0.6 is 11.8 Å². The van der Waals surface area contributed by atoms with Crippen LogP contribution in [0.15, 0.2) is 53.7 Å². The number of ether oxygens (including phenoxy) is 2. The summed E-state index contributed by atoms with van der Waals surface area (Å²) in [7, 11) is 1.78. The number of rotatable bonds is 6. The highest BCUT2D eigenvalue weighted by molar-refractivity contribution is 7.99. The van der Waals surface area contributed by atoms with E-state index in [1.807, 2.05) is 24.3 Å². The van der Waals surface area contributed by atoms with Crippen molar-refractivity contribution in [1.29, 1.82) is 0 Å². The molecule has 0 bridgehead atoms. The molecule has 0 fully saturated rings. The number of hydrogen-bond donors (Lipinski definition) is 1. The molecule has 1 unspecified atom stereocenters. The molecule has 0 saturated carbocycles. The number of nitrogens with one attached hydrogen (secondary N) is 1. The van der Waals surface area contributed by atoms with Gasteiger partial charge in [-0.15, -0.1) is 10.2 Å². The van der Waals surface area contributed by atoms with E-state index in [4.69, 9.17) is 9.47 Å². The van der Waals surface area contributed by atoms with E-state index in [0.29, 0.717) is 29.1 Å². The molecule has 0 saturated heterocycles. The normalized spacial score (nSPS) is 14.9. The number of benzene rings is 2. The number of nitro groups is 1. The summed E-state index contributed by atoms with van der Waals surface area (Å²) >= 11 is 1.17. The molecular weight excluding hydrogens is 410 g/mol. The molecule has 2 heterocycles. The van der Waals surface area contributed by atoms with Crippen molar-refractivity contribution in [3.8, 4) is 11.5 Å². The number of carbonyl (C=O) groups excluding carboxylic acids is 1. The number of para-hydroxylation sites is 4. The molecule has 1 atom stereocenters. The Morgan fingerprint density at radius 2 is 1.97 bits per heavy atom. The Bertz CT molecular complexity index is 1100. The van der Waals surface area contributed by atoms with Crippen molar-refractivity contribution in [1.82, 2.24) is 14.8 Å². The zero-order valence-electron chi connectivity index (χ0n) is 15.8. The first-order valence-electron chi connectivity index (χ1n) is 8.97. The van der Waals surface area contributed by atoms with Gasteiger partial charge in [0.15, 0.2) is 28.6 Å². The average molecular weight is 427 g/mol. The number of nitro benzene ring substituents is 1. The maximum absolute atomic E-state index is 12.3. The van der Waals surface area contributed by atoms with Gasteiger partial charge in [0.2, 0.25) is 5.91 Å². The molecule has 154 valence electrons. The highest BCUT2D eigenvalue weighted by Gasteiger charge is 2.27. The van der Waals surface area contributed by atoms with Crippen LogP contribution in [0.1, 0.15) is 11.9 Å². The summed E-state index contributed by atoms with van der Waals surface area (Å²) in [6.07, 6.45) is -0.424. The molecule has 0 spiro atoms. The standard InChI is InChI=1S/C19H17N5O5S/c1-23-18(16-10-28-14-8-4-5-9-15(14)29-16)21-22-19(23)30-11-17(25)20-12-6-2-3-7-13(12)24(26)27/h2-9,16H,10-11H2,1H3,(H,20,25). The number of nitrogens with zero attached hydrogens (tertiary/aromatic N) is 4. The van der Waals surface area contributed by atoms with Gasteiger partial charge in [0.05, 0.1) is 10.7 Å². The van der Waals surface area contributed by atoms with Crippen LogP contribution < -0.4 is 14.8 Å². The topological polar surface area (TPSA) is 121 Å². The van der Waals surface area contributed by atoms with E-state index < -0.39 is 11.0 Å². The van der Waals surface area contributed by atoms with Crippen LogP contribution in [-0.2, 0) is 11.8 Å². The van der Waals surface area contributed by atoms with Crippen molar-refractivity contribution in [2.24, 2.45) is 7.05 Å². The van der Waals surface area contributed by atoms with E-state index in [1.54, 1.807) is 23.7 Å². The second-order valence-corrected chi connectivity index (χ2v) is 7.32. The highest BCUT2D eigenvalue weighted by Crippen LogP contribution is 2.35. The van der Waals surface area contributed by atoms with E-state index >= 15 is 0 Å². The van der Waals surface area contributed by atoms with E-state index in [1.165, 1.54) is 23.9 Å². The van der Waals surface area contributed by atoms with Crippen molar-refractivity contribution >= 4 is 29.0 Å². The Morgan fingerprint density at radius 1 is 1.23 bits per heavy atom. The third kappa shape index (κ3) is 4.06. The van der Waals surface area contributed by atoms with Crippen molar-refractivity contribution in [2.45, 2.75) is 11.3 Å². The quantitative estimate of drug-likeness (QED) is 0.362. The molecule has 1 N–H and O–H groups in total. The molecule has 10 nitrogen and oxygen atoms in total. The molecular formula is C19H17N5O5S. The summed E-state index contributed by atoms with van der Waals surface area (Å²) in [4.78, 5) is 22.8. The number of carbonyl (C=O) groups is 1. The first kappa shape index (κ1) is 19.7. The number of anilines is 1. The molecule has 4 rings (SSSR count). The lowest BCUT2D eigenvalue weighted by Crippen LogP contribution is -2.24. The minimum absolute atomic E-state index is 0.0167. The third-order valence-corrected chi connectivity index (χ3v) is 5.39. The smallest absolute Gasteiger partial charge is 0.292 e. The highest BCUT2D eigenvalue weighted by atomic mass is 32.2. The molecule has 1 amide bonds. The minimum atomic E-state index is -0.540. The van der Waals surface area contributed by atoms with Crippen LogP contribution in [0, 0.1) is 10.1 Å². The zero-order chi connectivity index (χ0) is 21.1. The second kappa shape index (κ2) is 8.41. The van der Waals surface area contributed by atoms with Gasteiger partial charge >= 0.3 is 0 Å². The molecule has 2 aromatic carbocycles. The first-order valence-corrected chi connectivity index (χ1v) is 9.95. The van der Waals surface area contributed by atoms with Crippen molar-refractivity contribution in [3.05, 3.63) is 64.5 Å². The van der Waals surface area contributed by atoms with Crippen molar-refractivity contribution in [2.75, 3.05) is 17.7 Å². The van der Waals surface area contributed by atoms with Crippen LogP contribution in [0.5, 0.6) is 11.5 Å². The van der Waals surface area contributed by atoms with Crippen LogP contribution in [0.25, 0.3) is 0 Å². The Kier molecular flexibility index (Phi) is 5.53. The fourth-order valence-corrected chi connectivity index (χ4v) is 3.65. The molecule has 11 heteroatoms. The van der Waals surface area contributed by atoms with Gasteiger partial charge in [-0.05, 0) is 18.2 Å². The molecule has 30 heavy (non-hydrogen) atoms. The maximum atomic E-state index is 12.3. The van der Waals surface area contributed by atoms with Crippen LogP contribution in [-0.4, -0.2) is 38.0 Å². The first-order chi connectivity index (χ1) is 14.5. The Labute approximate surface area is 175 Å². The lowest BCUT2D eigenvalue weighted by Gasteiger charge is -2.25. The monoisotopic (exact) mass is 427 g/mol. The van der Waals surface area contributed by atoms with Gasteiger partial charge in [0.1, 0.15) is 12.3 Å². The Hall–Kier alpha value is -3.60. The minimum Gasteiger partial charge on any atom is -0.485 e. The molecule has 0 aliphatic carbocycles. The largest absolute Gasteiger partial charge is 0.485 e. The number of aromatic nitrogens is 3. The lowest BCUT2D eigenvalue weighted by molar-refractivity contribution is -0.383. The van der Waals surface area contributed by atoms with Crippen LogP contribution in [0.4, 0.5) is 11.4 Å². The van der Waals surface area contributed by atoms with Crippen molar-refractivity contribution in [3.63, 3.8) is 0 Å². The summed E-state index contributed by atoms with van der Waals surface area (Å²) in [5.74, 6) is 1.52. The van der Waals surface area contributed by atoms with Crippen molar-refractivity contribution < 1.29 is 19.2 Å². The number of amides is 1. The Morgan fingerprint density at radius 3 is 2.77 bits per heavy atom. The van der Waals surface area contributed by atoms with Gasteiger partial charge in [0, 0.05) is 13.1 Å². The molecule has 1 aliphatic rings. The summed E-state index contributed by atoms with van der Waals surface area (Å²) in [5.41, 5.74) is -0.00954. The molecule has 3 aromatic rings. The molecule has 1 aliphatic heterocycles. The number of fused-ring (bicyclic) bond motifs is 1. The maximum Gasteiger partial charge on any atom is 0.292 e. The average Bonchev–Trinajstić information content (AvgIpc) is 3.12. The lowest BCUT2D eigenvalue weighted by atomic mass is 10.2. The van der Waals surface area contributed by atoms with Gasteiger partial charge < -0.3 is 19.4 Å². The van der Waals surface area contributed by atoms with Gasteiger partial charge in [-0.25, -0.2) is 0 Å². The van der Waals surface area contributed by atoms with E-state index in [9.17, 15) is 14.9 Å². The third-order valence-electron chi connectivity index (χ3n) is 4.37. The van der Waals surface area contributed by atoms with E-state index in [2.05, 4.69) is 15.5 Å². The van der Waals surface area contributed by atoms with Gasteiger partial charge in [0.25, 0.3) is 5.69 Å². The Balaban J connectivity index is 1.39. The van der Waals surface area contributed by atoms with E-state index in [0.717, 1.165) is 0 Å². The van der Waals surface area contributed by atoms with E-state index in [-0.39, 0.29) is 23.0 Å². The number of hydrogen-bond acceptors (Lipinski definition) is 8. The van der Waals surface area contributed by atoms with Gasteiger partial charge in [-0.2, -0.15) is 0 Å². The predicted molar refractivity (Wildman–Crippen MR) is 109 cm³/mol. The van der Waals surface area contributed by atoms with Crippen LogP contribution in [0.3, 0.4) is 0 Å². The predicted octanol–water partition coefficient (Wildman–Crippen LogP) is 2.97. The van der Waals surface area contributed by atoms with Gasteiger partial charge in [-0.1, -0.05) is 36.0 Å². The SMILES string of the molecule is Cn1c(SCC(=O)Nc2ccccc2[N+](=O)[O-])nnc1C1COc2ccccc2O1. The zero-order valence-corrected chi connectivity index (χ0v) is 16.7. The van der Waals surface area contributed by atoms with Crippen LogP contribution in [0.2, 0.25) is 0 Å². The summed E-state index contributed by atoms with van der Waals surface area (Å²) in [5, 5.41) is 22.4. The summed E-state index contributed by atoms with van der Waals surface area (Å²) in [6.45, 7) is 0.297. The summed E-state index contributed by atoms with van der Waals surface area (Å²) < 4.78 is 13.4. The fourth-order valence-electron chi connectivity index (χ4n) is 2.93. The molecule has 1 aromatic heterocycles. The number of thioether (sulfide) groups is 1. The fraction of sp³-hybridized carbons (Fsp3) is 0.211. The second-order valence-electron chi connectivity index (χ2n) is 6.38. The molecule has 0 radical (unpaired) electrons. The summed E-state index contributed by atoms with van der Waals surface area (Å²) in [6, 6.07) is 13.4. The van der Waals surface area contributed by atoms with Gasteiger partial charge in [-0.3, -0.25) is 14.9 Å².